The largest absolute Gasteiger partial charge is 1.00 e. The first kappa shape index (κ1) is 24.5. The van der Waals surface area contributed by atoms with Crippen LogP contribution in [0.2, 0.25) is 0 Å². The molecule has 3 amide bonds. The summed E-state index contributed by atoms with van der Waals surface area (Å²) in [5.74, 6) is -5.55. The van der Waals surface area contributed by atoms with E-state index in [0.29, 0.717) is 29.1 Å². The molecule has 12 heteroatoms. The molecule has 4 aliphatic rings. The van der Waals surface area contributed by atoms with Crippen LogP contribution in [0.5, 0.6) is 0 Å². The first-order valence-corrected chi connectivity index (χ1v) is 10.3. The third kappa shape index (κ3) is 3.66. The van der Waals surface area contributed by atoms with E-state index in [-0.39, 0.29) is 54.0 Å². The Morgan fingerprint density at radius 1 is 1.12 bits per heavy atom. The van der Waals surface area contributed by atoms with Crippen LogP contribution >= 0.6 is 0 Å². The zero-order chi connectivity index (χ0) is 23.7. The number of rotatable bonds is 3. The Kier molecular flexibility index (Phi) is 6.16. The zero-order valence-corrected chi connectivity index (χ0v) is 20.0. The van der Waals surface area contributed by atoms with Gasteiger partial charge >= 0.3 is 41.6 Å². The summed E-state index contributed by atoms with van der Waals surface area (Å²) in [5.41, 5.74) is 0.707. The molecular weight excluding hydrogens is 466 g/mol. The van der Waals surface area contributed by atoms with Crippen molar-refractivity contribution in [1.82, 2.24) is 9.80 Å². The van der Waals surface area contributed by atoms with Crippen molar-refractivity contribution < 1.29 is 67.0 Å². The number of hydrogen-bond acceptors (Lipinski definition) is 5. The number of allylic oxidation sites excluding steroid dienone is 2. The minimum Gasteiger partial charge on any atom is -0.543 e. The summed E-state index contributed by atoms with van der Waals surface area (Å²) >= 11 is 0. The van der Waals surface area contributed by atoms with Gasteiger partial charge in [0, 0.05) is 30.3 Å². The fraction of sp³-hybridized carbons (Fsp3) is 0.364. The van der Waals surface area contributed by atoms with E-state index in [2.05, 4.69) is 0 Å². The second kappa shape index (κ2) is 8.54. The van der Waals surface area contributed by atoms with Crippen molar-refractivity contribution in [2.75, 3.05) is 18.0 Å². The summed E-state index contributed by atoms with van der Waals surface area (Å²) in [6.45, 7) is 0.0558. The molecule has 3 saturated heterocycles. The monoisotopic (exact) mass is 483 g/mol. The van der Waals surface area contributed by atoms with E-state index in [0.717, 1.165) is 4.90 Å². The Hall–Kier alpha value is -2.63. The number of hydrogen-bond donors (Lipinski definition) is 0. The maximum atomic E-state index is 13.0. The van der Waals surface area contributed by atoms with Crippen LogP contribution in [0.15, 0.2) is 53.3 Å². The van der Waals surface area contributed by atoms with Gasteiger partial charge in [-0.25, -0.2) is 0 Å². The van der Waals surface area contributed by atoms with Crippen LogP contribution < -0.4 is 39.6 Å². The number of nitrogens with zero attached hydrogens (tertiary/aromatic N) is 3. The minimum absolute atomic E-state index is 0. The number of halogens is 3. The van der Waals surface area contributed by atoms with Gasteiger partial charge in [-0.3, -0.25) is 14.4 Å². The SMILES string of the molecule is O=C([O-])C1=C(/C=C2\CCN(c3ccccc3)C2=O)CC2CN(C(=O)C(F)(F)F)C3C(=O)N1[C@H]23.[Na+]. The van der Waals surface area contributed by atoms with Crippen molar-refractivity contribution >= 4 is 29.4 Å². The molecule has 3 atom stereocenters. The van der Waals surface area contributed by atoms with Crippen LogP contribution in [0.1, 0.15) is 12.8 Å². The third-order valence-electron chi connectivity index (χ3n) is 6.63. The summed E-state index contributed by atoms with van der Waals surface area (Å²) in [7, 11) is 0. The van der Waals surface area contributed by atoms with Gasteiger partial charge in [-0.1, -0.05) is 18.2 Å². The molecule has 5 rings (SSSR count). The minimum atomic E-state index is -5.14. The predicted octanol–water partition coefficient (Wildman–Crippen LogP) is -2.64. The van der Waals surface area contributed by atoms with Gasteiger partial charge in [0.15, 0.2) is 0 Å². The molecule has 0 N–H and O–H groups in total. The van der Waals surface area contributed by atoms with E-state index < -0.39 is 47.7 Å². The van der Waals surface area contributed by atoms with Gasteiger partial charge in [-0.05, 0) is 36.6 Å². The van der Waals surface area contributed by atoms with Crippen molar-refractivity contribution in [3.8, 4) is 0 Å². The molecule has 34 heavy (non-hydrogen) atoms. The number of carboxylic acids is 1. The molecule has 0 aliphatic carbocycles. The quantitative estimate of drug-likeness (QED) is 0.266. The molecular formula is C22H17F3N3NaO5. The Balaban J connectivity index is 0.00000274. The van der Waals surface area contributed by atoms with Crippen molar-refractivity contribution in [2.24, 2.45) is 5.92 Å². The van der Waals surface area contributed by atoms with Crippen LogP contribution in [0.4, 0.5) is 18.9 Å². The van der Waals surface area contributed by atoms with Gasteiger partial charge in [0.05, 0.1) is 17.7 Å². The predicted molar refractivity (Wildman–Crippen MR) is 104 cm³/mol. The number of benzene rings is 1. The number of β-lactam (4-membered cyclic amide) rings is 1. The summed E-state index contributed by atoms with van der Waals surface area (Å²) in [4.78, 5) is 52.2. The van der Waals surface area contributed by atoms with Crippen molar-refractivity contribution in [3.05, 3.63) is 53.3 Å². The summed E-state index contributed by atoms with van der Waals surface area (Å²) in [6.07, 6.45) is -3.39. The Morgan fingerprint density at radius 3 is 2.41 bits per heavy atom. The molecule has 0 bridgehead atoms. The van der Waals surface area contributed by atoms with Crippen LogP contribution in [0, 0.1) is 5.92 Å². The molecule has 0 saturated carbocycles. The van der Waals surface area contributed by atoms with E-state index in [1.54, 1.807) is 29.2 Å². The molecule has 8 nitrogen and oxygen atoms in total. The first-order chi connectivity index (χ1) is 15.6. The number of carboxylic acid groups (broad SMARTS) is 1. The van der Waals surface area contributed by atoms with Gasteiger partial charge in [0.25, 0.3) is 11.8 Å². The number of carbonyl (C=O) groups excluding carboxylic acids is 4. The Labute approximate surface area is 213 Å². The number of para-hydroxylation sites is 1. The maximum absolute atomic E-state index is 13.0. The molecule has 3 fully saturated rings. The van der Waals surface area contributed by atoms with Crippen molar-refractivity contribution in [2.45, 2.75) is 31.1 Å². The van der Waals surface area contributed by atoms with E-state index in [1.165, 1.54) is 6.08 Å². The number of aliphatic carboxylic acids is 1. The van der Waals surface area contributed by atoms with Crippen LogP contribution in [-0.4, -0.2) is 64.8 Å². The summed E-state index contributed by atoms with van der Waals surface area (Å²) < 4.78 is 39.0. The molecule has 0 radical (unpaired) electrons. The third-order valence-corrected chi connectivity index (χ3v) is 6.63. The smallest absolute Gasteiger partial charge is 0.543 e. The second-order valence-corrected chi connectivity index (χ2v) is 8.44. The van der Waals surface area contributed by atoms with Crippen molar-refractivity contribution in [3.63, 3.8) is 0 Å². The van der Waals surface area contributed by atoms with Gasteiger partial charge in [0.1, 0.15) is 6.04 Å². The number of carbonyl (C=O) groups is 4. The number of likely N-dealkylation sites (tertiary alicyclic amines) is 1. The van der Waals surface area contributed by atoms with Gasteiger partial charge in [-0.2, -0.15) is 13.2 Å². The van der Waals surface area contributed by atoms with Crippen LogP contribution in [0.3, 0.4) is 0 Å². The van der Waals surface area contributed by atoms with Crippen LogP contribution in [-0.2, 0) is 19.2 Å². The maximum Gasteiger partial charge on any atom is 1.00 e. The number of alkyl halides is 3. The standard InChI is InChI=1S/C22H18F3N3O5.Na/c23-22(24,25)21(33)27-10-13-9-12(16(20(31)32)28-15(13)17(27)19(28)30)8-11-6-7-26(18(11)29)14-4-2-1-3-5-14;/h1-5,8,13,15,17H,6-7,9-10H2,(H,31,32);/q;+1/p-1/b11-8+;/t13?,15-,17?;/m1./s1. The molecule has 0 spiro atoms. The van der Waals surface area contributed by atoms with Gasteiger partial charge < -0.3 is 24.6 Å². The molecule has 2 unspecified atom stereocenters. The van der Waals surface area contributed by atoms with Gasteiger partial charge in [-0.15, -0.1) is 0 Å². The van der Waals surface area contributed by atoms with Crippen LogP contribution in [0.25, 0.3) is 0 Å². The van der Waals surface area contributed by atoms with Gasteiger partial charge in [0.2, 0.25) is 0 Å². The molecule has 1 aromatic carbocycles. The number of anilines is 1. The molecule has 172 valence electrons. The Morgan fingerprint density at radius 2 is 1.79 bits per heavy atom. The average Bonchev–Trinajstić information content (AvgIpc) is 3.31. The summed E-state index contributed by atoms with van der Waals surface area (Å²) in [5, 5.41) is 11.9. The fourth-order valence-corrected chi connectivity index (χ4v) is 5.27. The Bertz CT molecular complexity index is 1150. The molecule has 1 aromatic rings. The second-order valence-electron chi connectivity index (χ2n) is 8.44. The normalized spacial score (nSPS) is 27.1. The topological polar surface area (TPSA) is 101 Å². The van der Waals surface area contributed by atoms with E-state index in [1.807, 2.05) is 6.07 Å². The zero-order valence-electron chi connectivity index (χ0n) is 18.0. The molecule has 4 heterocycles. The van der Waals surface area contributed by atoms with E-state index >= 15 is 0 Å². The average molecular weight is 483 g/mol. The summed E-state index contributed by atoms with van der Waals surface area (Å²) in [6, 6.07) is 6.71. The number of amides is 3. The fourth-order valence-electron chi connectivity index (χ4n) is 5.27. The van der Waals surface area contributed by atoms with E-state index in [4.69, 9.17) is 0 Å². The first-order valence-electron chi connectivity index (χ1n) is 10.3. The molecule has 4 aliphatic heterocycles. The van der Waals surface area contributed by atoms with Crippen molar-refractivity contribution in [1.29, 1.82) is 0 Å². The van der Waals surface area contributed by atoms with E-state index in [9.17, 15) is 37.5 Å². The molecule has 0 aromatic heterocycles.